The van der Waals surface area contributed by atoms with E-state index in [1.165, 1.54) is 13.2 Å². The molecule has 2 aromatic rings. The molecule has 0 saturated carbocycles. The Morgan fingerprint density at radius 3 is 2.57 bits per heavy atom. The molecule has 0 spiro atoms. The molecule has 2 rings (SSSR count). The van der Waals surface area contributed by atoms with Crippen molar-refractivity contribution in [2.75, 3.05) is 12.4 Å². The van der Waals surface area contributed by atoms with E-state index in [0.29, 0.717) is 28.0 Å². The molecule has 0 aliphatic carbocycles. The predicted molar refractivity (Wildman–Crippen MR) is 83.4 cm³/mol. The zero-order valence-electron chi connectivity index (χ0n) is 11.1. The molecule has 0 amide bonds. The fourth-order valence-electron chi connectivity index (χ4n) is 1.79. The van der Waals surface area contributed by atoms with Crippen LogP contribution in [0.15, 0.2) is 36.4 Å². The molecule has 7 heteroatoms. The second-order valence-corrected chi connectivity index (χ2v) is 5.06. The number of halogens is 2. The lowest BCUT2D eigenvalue weighted by Crippen LogP contribution is -2.03. The van der Waals surface area contributed by atoms with Crippen LogP contribution in [0.4, 0.5) is 11.4 Å². The zero-order valence-corrected chi connectivity index (χ0v) is 12.6. The maximum absolute atomic E-state index is 11.1. The van der Waals surface area contributed by atoms with Gasteiger partial charge in [0.15, 0.2) is 0 Å². The second-order valence-electron chi connectivity index (χ2n) is 4.24. The molecular weight excluding hydrogens is 315 g/mol. The third-order valence-corrected chi connectivity index (χ3v) is 3.61. The maximum Gasteiger partial charge on any atom is 0.296 e. The molecule has 0 saturated heterocycles. The van der Waals surface area contributed by atoms with Crippen molar-refractivity contribution in [3.63, 3.8) is 0 Å². The largest absolute Gasteiger partial charge is 0.496 e. The van der Waals surface area contributed by atoms with Crippen molar-refractivity contribution in [2.45, 2.75) is 6.54 Å². The molecule has 0 fully saturated rings. The third kappa shape index (κ3) is 3.77. The summed E-state index contributed by atoms with van der Waals surface area (Å²) in [6.45, 7) is 0.393. The lowest BCUT2D eigenvalue weighted by Gasteiger charge is -2.09. The first-order valence-electron chi connectivity index (χ1n) is 6.01. The highest BCUT2D eigenvalue weighted by Crippen LogP contribution is 2.30. The molecule has 0 atom stereocenters. The van der Waals surface area contributed by atoms with E-state index in [0.717, 1.165) is 5.56 Å². The molecule has 0 heterocycles. The maximum atomic E-state index is 11.1. The Hall–Kier alpha value is -1.98. The summed E-state index contributed by atoms with van der Waals surface area (Å²) in [5.41, 5.74) is 1.23. The van der Waals surface area contributed by atoms with Crippen LogP contribution in [0.3, 0.4) is 0 Å². The Labute approximate surface area is 131 Å². The van der Waals surface area contributed by atoms with Gasteiger partial charge in [0.2, 0.25) is 0 Å². The molecule has 0 aromatic heterocycles. The highest BCUT2D eigenvalue weighted by Gasteiger charge is 2.14. The quantitative estimate of drug-likeness (QED) is 0.648. The van der Waals surface area contributed by atoms with Crippen molar-refractivity contribution in [1.29, 1.82) is 0 Å². The van der Waals surface area contributed by atoms with Crippen LogP contribution < -0.4 is 10.1 Å². The van der Waals surface area contributed by atoms with Crippen LogP contribution in [-0.2, 0) is 6.54 Å². The zero-order chi connectivity index (χ0) is 15.4. The Morgan fingerprint density at radius 2 is 1.95 bits per heavy atom. The topological polar surface area (TPSA) is 64.4 Å². The number of nitrogens with one attached hydrogen (secondary N) is 1. The van der Waals surface area contributed by atoms with E-state index in [1.54, 1.807) is 30.3 Å². The standard InChI is InChI=1S/C14H12Cl2N2O3/c1-21-10-3-5-13(14(7-10)18(19)20)17-8-9-2-4-11(15)12(16)6-9/h2-7,17H,8H2,1H3. The van der Waals surface area contributed by atoms with Crippen molar-refractivity contribution < 1.29 is 9.66 Å². The van der Waals surface area contributed by atoms with E-state index < -0.39 is 4.92 Å². The summed E-state index contributed by atoms with van der Waals surface area (Å²) in [7, 11) is 1.46. The first-order valence-corrected chi connectivity index (χ1v) is 6.77. The summed E-state index contributed by atoms with van der Waals surface area (Å²) in [4.78, 5) is 10.6. The summed E-state index contributed by atoms with van der Waals surface area (Å²) in [6.07, 6.45) is 0. The Kier molecular flexibility index (Phi) is 4.88. The van der Waals surface area contributed by atoms with Gasteiger partial charge in [-0.3, -0.25) is 10.1 Å². The Morgan fingerprint density at radius 1 is 1.19 bits per heavy atom. The monoisotopic (exact) mass is 326 g/mol. The summed E-state index contributed by atoms with van der Waals surface area (Å²) in [6, 6.07) is 9.84. The van der Waals surface area contributed by atoms with Crippen molar-refractivity contribution in [1.82, 2.24) is 0 Å². The minimum Gasteiger partial charge on any atom is -0.496 e. The van der Waals surface area contributed by atoms with Crippen LogP contribution in [0.2, 0.25) is 10.0 Å². The Balaban J connectivity index is 2.19. The molecule has 0 aliphatic rings. The van der Waals surface area contributed by atoms with Crippen molar-refractivity contribution >= 4 is 34.6 Å². The van der Waals surface area contributed by atoms with Crippen molar-refractivity contribution in [3.8, 4) is 5.75 Å². The first-order chi connectivity index (χ1) is 10.0. The van der Waals surface area contributed by atoms with Gasteiger partial charge in [0.05, 0.1) is 28.1 Å². The van der Waals surface area contributed by atoms with Crippen molar-refractivity contribution in [3.05, 3.63) is 62.1 Å². The van der Waals surface area contributed by atoms with E-state index in [4.69, 9.17) is 27.9 Å². The molecule has 0 unspecified atom stereocenters. The molecular formula is C14H12Cl2N2O3. The number of nitro benzene ring substituents is 1. The summed E-state index contributed by atoms with van der Waals surface area (Å²) < 4.78 is 4.99. The van der Waals surface area contributed by atoms with E-state index >= 15 is 0 Å². The highest BCUT2D eigenvalue weighted by atomic mass is 35.5. The molecule has 110 valence electrons. The lowest BCUT2D eigenvalue weighted by molar-refractivity contribution is -0.384. The summed E-state index contributed by atoms with van der Waals surface area (Å²) in [5, 5.41) is 15.0. The van der Waals surface area contributed by atoms with Gasteiger partial charge in [-0.25, -0.2) is 0 Å². The second kappa shape index (κ2) is 6.65. The van der Waals surface area contributed by atoms with Crippen LogP contribution >= 0.6 is 23.2 Å². The summed E-state index contributed by atoms with van der Waals surface area (Å²) >= 11 is 11.8. The van der Waals surface area contributed by atoms with Crippen LogP contribution in [0.5, 0.6) is 5.75 Å². The van der Waals surface area contributed by atoms with Gasteiger partial charge >= 0.3 is 0 Å². The van der Waals surface area contributed by atoms with Gasteiger partial charge in [0.25, 0.3) is 5.69 Å². The number of benzene rings is 2. The van der Waals surface area contributed by atoms with E-state index in [-0.39, 0.29) is 5.69 Å². The first kappa shape index (κ1) is 15.4. The fraction of sp³-hybridized carbons (Fsp3) is 0.143. The number of rotatable bonds is 5. The number of anilines is 1. The van der Waals surface area contributed by atoms with Gasteiger partial charge in [-0.1, -0.05) is 29.3 Å². The van der Waals surface area contributed by atoms with Crippen molar-refractivity contribution in [2.24, 2.45) is 0 Å². The van der Waals surface area contributed by atoms with Crippen LogP contribution in [-0.4, -0.2) is 12.0 Å². The van der Waals surface area contributed by atoms with E-state index in [2.05, 4.69) is 5.32 Å². The van der Waals surface area contributed by atoms with Gasteiger partial charge in [-0.05, 0) is 29.8 Å². The lowest BCUT2D eigenvalue weighted by atomic mass is 10.2. The number of hydrogen-bond acceptors (Lipinski definition) is 4. The van der Waals surface area contributed by atoms with E-state index in [1.807, 2.05) is 0 Å². The van der Waals surface area contributed by atoms with Gasteiger partial charge in [-0.15, -0.1) is 0 Å². The van der Waals surface area contributed by atoms with Crippen LogP contribution in [0.25, 0.3) is 0 Å². The average Bonchev–Trinajstić information content (AvgIpc) is 2.48. The fourth-order valence-corrected chi connectivity index (χ4v) is 2.11. The van der Waals surface area contributed by atoms with Gasteiger partial charge < -0.3 is 10.1 Å². The highest BCUT2D eigenvalue weighted by molar-refractivity contribution is 6.42. The number of nitro groups is 1. The average molecular weight is 327 g/mol. The number of hydrogen-bond donors (Lipinski definition) is 1. The van der Waals surface area contributed by atoms with Crippen LogP contribution in [0.1, 0.15) is 5.56 Å². The Bertz CT molecular complexity index is 677. The van der Waals surface area contributed by atoms with Crippen LogP contribution in [0, 0.1) is 10.1 Å². The molecule has 0 bridgehead atoms. The molecule has 21 heavy (non-hydrogen) atoms. The normalized spacial score (nSPS) is 10.2. The third-order valence-electron chi connectivity index (χ3n) is 2.87. The molecule has 2 aromatic carbocycles. The van der Waals surface area contributed by atoms with E-state index in [9.17, 15) is 10.1 Å². The SMILES string of the molecule is COc1ccc(NCc2ccc(Cl)c(Cl)c2)c([N+](=O)[O-])c1. The minimum absolute atomic E-state index is 0.0468. The number of nitrogens with zero attached hydrogens (tertiary/aromatic N) is 1. The molecule has 0 radical (unpaired) electrons. The smallest absolute Gasteiger partial charge is 0.296 e. The van der Waals surface area contributed by atoms with Gasteiger partial charge in [0.1, 0.15) is 11.4 Å². The molecule has 5 nitrogen and oxygen atoms in total. The predicted octanol–water partition coefficient (Wildman–Crippen LogP) is 4.52. The van der Waals surface area contributed by atoms with Gasteiger partial charge in [0, 0.05) is 6.54 Å². The minimum atomic E-state index is -0.459. The number of ether oxygens (including phenoxy) is 1. The number of methoxy groups -OCH3 is 1. The summed E-state index contributed by atoms with van der Waals surface area (Å²) in [5.74, 6) is 0.432. The van der Waals surface area contributed by atoms with Gasteiger partial charge in [-0.2, -0.15) is 0 Å². The molecule has 1 N–H and O–H groups in total. The molecule has 0 aliphatic heterocycles.